The quantitative estimate of drug-likeness (QED) is 0.126. The summed E-state index contributed by atoms with van der Waals surface area (Å²) in [6, 6.07) is 16.0. The maximum atomic E-state index is 14.0. The molecular formula is C41H43FN2O9S. The van der Waals surface area contributed by atoms with Crippen LogP contribution in [0.5, 0.6) is 17.2 Å². The first-order valence-corrected chi connectivity index (χ1v) is 18.4. The van der Waals surface area contributed by atoms with Crippen LogP contribution in [0, 0.1) is 12.7 Å². The van der Waals surface area contributed by atoms with Gasteiger partial charge in [0, 0.05) is 35.5 Å². The Morgan fingerprint density at radius 2 is 1.74 bits per heavy atom. The van der Waals surface area contributed by atoms with E-state index in [4.69, 9.17) is 23.7 Å². The number of nitrogens with zero attached hydrogens (tertiary/aromatic N) is 1. The first-order valence-electron chi connectivity index (χ1n) is 17.3. The number of aryl methyl sites for hydroxylation is 1. The van der Waals surface area contributed by atoms with Gasteiger partial charge in [-0.3, -0.25) is 19.3 Å². The van der Waals surface area contributed by atoms with Crippen LogP contribution in [0.1, 0.15) is 49.4 Å². The molecule has 0 spiro atoms. The van der Waals surface area contributed by atoms with E-state index in [9.17, 15) is 23.6 Å². The lowest BCUT2D eigenvalue weighted by atomic mass is 9.91. The van der Waals surface area contributed by atoms with E-state index in [1.807, 2.05) is 26.0 Å². The molecular weight excluding hydrogens is 716 g/mol. The Hall–Kier alpha value is -5.56. The second-order valence-corrected chi connectivity index (χ2v) is 13.7. The van der Waals surface area contributed by atoms with Crippen molar-refractivity contribution in [2.24, 2.45) is 0 Å². The van der Waals surface area contributed by atoms with E-state index < -0.39 is 35.2 Å². The van der Waals surface area contributed by atoms with Crippen LogP contribution in [0.25, 0.3) is 11.1 Å². The van der Waals surface area contributed by atoms with Crippen LogP contribution >= 0.6 is 11.8 Å². The van der Waals surface area contributed by atoms with Crippen molar-refractivity contribution < 1.29 is 47.3 Å². The number of benzene rings is 3. The summed E-state index contributed by atoms with van der Waals surface area (Å²) in [5.41, 5.74) is 5.56. The molecule has 3 aliphatic rings. The highest BCUT2D eigenvalue weighted by molar-refractivity contribution is 8.00. The lowest BCUT2D eigenvalue weighted by molar-refractivity contribution is -0.154. The molecule has 0 aromatic heterocycles. The molecule has 1 fully saturated rings. The van der Waals surface area contributed by atoms with Gasteiger partial charge < -0.3 is 29.0 Å². The average molecular weight is 759 g/mol. The number of β-lactam (4-membered cyclic amide) rings is 1. The van der Waals surface area contributed by atoms with E-state index in [0.717, 1.165) is 34.3 Å². The van der Waals surface area contributed by atoms with E-state index in [1.54, 1.807) is 49.6 Å². The highest BCUT2D eigenvalue weighted by atomic mass is 32.2. The zero-order valence-electron chi connectivity index (χ0n) is 30.9. The number of methoxy groups -OCH3 is 1. The van der Waals surface area contributed by atoms with Crippen LogP contribution in [0.15, 0.2) is 84.6 Å². The van der Waals surface area contributed by atoms with E-state index in [2.05, 4.69) is 18.8 Å². The lowest BCUT2D eigenvalue weighted by Gasteiger charge is -2.49. The molecule has 2 unspecified atom stereocenters. The fourth-order valence-corrected chi connectivity index (χ4v) is 7.24. The number of amides is 2. The van der Waals surface area contributed by atoms with Gasteiger partial charge in [0.1, 0.15) is 60.0 Å². The van der Waals surface area contributed by atoms with Gasteiger partial charge in [-0.2, -0.15) is 0 Å². The standard InChI is InChI=1S/C37H35FN2O9S.C4H8/c1-20-5-8-25(38)13-29(20)30-17-48-31-14-27(11-12-28(31)21(30)2)47-18-32(42)39-33-35(43)40-34(24(16-46-22(3)41)19-50-36(33)40)37(44)49-15-23-6-9-26(45-4)10-7-23;1-3-4-2/h5-14,33,36H,15-19H2,1-4H3,(H,39,42);3H,1,4H2,2H3. The minimum atomic E-state index is -0.903. The lowest BCUT2D eigenvalue weighted by Crippen LogP contribution is -2.71. The summed E-state index contributed by atoms with van der Waals surface area (Å²) >= 11 is 1.33. The zero-order chi connectivity index (χ0) is 38.9. The number of fused-ring (bicyclic) bond motifs is 2. The number of halogens is 1. The number of nitrogens with one attached hydrogen (secondary N) is 1. The third-order valence-corrected chi connectivity index (χ3v) is 10.2. The van der Waals surface area contributed by atoms with Crippen LogP contribution in [0.3, 0.4) is 0 Å². The van der Waals surface area contributed by atoms with Gasteiger partial charge in [0.2, 0.25) is 0 Å². The number of esters is 2. The number of hydrogen-bond acceptors (Lipinski definition) is 10. The van der Waals surface area contributed by atoms with Gasteiger partial charge in [-0.25, -0.2) is 9.18 Å². The zero-order valence-corrected chi connectivity index (χ0v) is 31.7. The molecule has 3 heterocycles. The second-order valence-electron chi connectivity index (χ2n) is 12.6. The molecule has 0 bridgehead atoms. The largest absolute Gasteiger partial charge is 0.497 e. The number of carbonyl (C=O) groups is 4. The molecule has 284 valence electrons. The van der Waals surface area contributed by atoms with E-state index in [0.29, 0.717) is 28.4 Å². The van der Waals surface area contributed by atoms with Crippen molar-refractivity contribution >= 4 is 46.7 Å². The summed E-state index contributed by atoms with van der Waals surface area (Å²) in [6.45, 7) is 10.3. The van der Waals surface area contributed by atoms with Gasteiger partial charge >= 0.3 is 11.9 Å². The summed E-state index contributed by atoms with van der Waals surface area (Å²) in [7, 11) is 1.55. The summed E-state index contributed by atoms with van der Waals surface area (Å²) in [4.78, 5) is 52.4. The molecule has 1 N–H and O–H groups in total. The number of allylic oxidation sites excluding steroid dienone is 2. The minimum absolute atomic E-state index is 0.00406. The van der Waals surface area contributed by atoms with E-state index in [-0.39, 0.29) is 43.7 Å². The van der Waals surface area contributed by atoms with Gasteiger partial charge in [-0.1, -0.05) is 31.2 Å². The Kier molecular flexibility index (Phi) is 13.2. The van der Waals surface area contributed by atoms with Crippen molar-refractivity contribution in [3.8, 4) is 17.2 Å². The first kappa shape index (κ1) is 39.6. The Balaban J connectivity index is 0.00000133. The summed E-state index contributed by atoms with van der Waals surface area (Å²) < 4.78 is 41.6. The molecule has 3 aromatic carbocycles. The van der Waals surface area contributed by atoms with Gasteiger partial charge in [-0.05, 0) is 78.9 Å². The van der Waals surface area contributed by atoms with E-state index >= 15 is 0 Å². The molecule has 54 heavy (non-hydrogen) atoms. The normalized spacial score (nSPS) is 17.1. The summed E-state index contributed by atoms with van der Waals surface area (Å²) in [5, 5.41) is 2.14. The van der Waals surface area contributed by atoms with Crippen LogP contribution in [0.2, 0.25) is 0 Å². The molecule has 6 rings (SSSR count). The number of ether oxygens (including phenoxy) is 5. The highest BCUT2D eigenvalue weighted by Gasteiger charge is 2.54. The molecule has 0 aliphatic carbocycles. The maximum Gasteiger partial charge on any atom is 0.355 e. The van der Waals surface area contributed by atoms with Crippen LogP contribution < -0.4 is 19.5 Å². The molecule has 0 radical (unpaired) electrons. The van der Waals surface area contributed by atoms with Crippen LogP contribution in [0.4, 0.5) is 4.39 Å². The molecule has 0 saturated carbocycles. The predicted octanol–water partition coefficient (Wildman–Crippen LogP) is 6.39. The first-order chi connectivity index (χ1) is 25.9. The molecule has 1 saturated heterocycles. The Labute approximate surface area is 318 Å². The minimum Gasteiger partial charge on any atom is -0.497 e. The van der Waals surface area contributed by atoms with Crippen molar-refractivity contribution in [2.75, 3.05) is 32.7 Å². The number of thioether (sulfide) groups is 1. The Morgan fingerprint density at radius 3 is 2.43 bits per heavy atom. The average Bonchev–Trinajstić information content (AvgIpc) is 3.18. The topological polar surface area (TPSA) is 130 Å². The summed E-state index contributed by atoms with van der Waals surface area (Å²) in [6.07, 6.45) is 2.96. The van der Waals surface area contributed by atoms with Gasteiger partial charge in [0.15, 0.2) is 6.61 Å². The Bertz CT molecular complexity index is 1990. The monoisotopic (exact) mass is 758 g/mol. The number of hydrogen-bond donors (Lipinski definition) is 1. The van der Waals surface area contributed by atoms with Gasteiger partial charge in [-0.15, -0.1) is 18.3 Å². The van der Waals surface area contributed by atoms with Crippen molar-refractivity contribution in [2.45, 2.75) is 52.1 Å². The van der Waals surface area contributed by atoms with E-state index in [1.165, 1.54) is 35.7 Å². The fourth-order valence-electron chi connectivity index (χ4n) is 5.92. The highest BCUT2D eigenvalue weighted by Crippen LogP contribution is 2.42. The third kappa shape index (κ3) is 9.14. The molecule has 11 nitrogen and oxygen atoms in total. The predicted molar refractivity (Wildman–Crippen MR) is 203 cm³/mol. The summed E-state index contributed by atoms with van der Waals surface area (Å²) in [5.74, 6) is -0.720. The smallest absolute Gasteiger partial charge is 0.355 e. The molecule has 3 aromatic rings. The van der Waals surface area contributed by atoms with Crippen LogP contribution in [-0.2, 0) is 35.3 Å². The van der Waals surface area contributed by atoms with Crippen LogP contribution in [-0.4, -0.2) is 72.8 Å². The molecule has 2 amide bonds. The van der Waals surface area contributed by atoms with Crippen molar-refractivity contribution in [1.82, 2.24) is 10.2 Å². The maximum absolute atomic E-state index is 14.0. The van der Waals surface area contributed by atoms with Gasteiger partial charge in [0.25, 0.3) is 11.8 Å². The molecule has 13 heteroatoms. The van der Waals surface area contributed by atoms with Crippen molar-refractivity contribution in [1.29, 1.82) is 0 Å². The van der Waals surface area contributed by atoms with Crippen molar-refractivity contribution in [3.05, 3.63) is 113 Å². The van der Waals surface area contributed by atoms with Crippen molar-refractivity contribution in [3.63, 3.8) is 0 Å². The molecule has 3 aliphatic heterocycles. The third-order valence-electron chi connectivity index (χ3n) is 8.90. The SMILES string of the molecule is C=CCC.COc1ccc(COC(=O)C2=C(COC(C)=O)CSC3C(NC(=O)COc4ccc5c(c4)OCC(c4cc(F)ccc4C)=C5C)C(=O)N23)cc1. The fraction of sp³-hybridized carbons (Fsp3) is 0.317. The Morgan fingerprint density at radius 1 is 1.02 bits per heavy atom. The molecule has 2 atom stereocenters. The van der Waals surface area contributed by atoms with Gasteiger partial charge in [0.05, 0.1) is 7.11 Å². The second kappa shape index (κ2) is 18.0. The number of carbonyl (C=O) groups excluding carboxylic acids is 4. The number of rotatable bonds is 12.